The normalized spacial score (nSPS) is 16.6. The van der Waals surface area contributed by atoms with Gasteiger partial charge in [0.2, 0.25) is 17.7 Å². The second kappa shape index (κ2) is 29.9. The first kappa shape index (κ1) is 48.1. The first-order chi connectivity index (χ1) is 21.6. The van der Waals surface area contributed by atoms with Gasteiger partial charge < -0.3 is 41.1 Å². The minimum absolute atomic E-state index is 0. The van der Waals surface area contributed by atoms with E-state index in [0.29, 0.717) is 32.2 Å². The maximum Gasteiger partial charge on any atom is 1.00 e. The molecule has 1 rings (SSSR count). The number of Topliss-reactive ketones (excluding diaryl/α,β-unsaturated/α-hetero) is 1. The number of carbonyl (C=O) groups excluding carboxylic acids is 6. The smallest absolute Gasteiger partial charge is 0.550 e. The molecule has 0 bridgehead atoms. The predicted molar refractivity (Wildman–Crippen MR) is 166 cm³/mol. The van der Waals surface area contributed by atoms with Crippen LogP contribution in [0.1, 0.15) is 129 Å². The molecule has 0 aromatic heterocycles. The van der Waals surface area contributed by atoms with Crippen LogP contribution in [0.15, 0.2) is 0 Å². The number of amides is 3. The Morgan fingerprint density at radius 3 is 1.64 bits per heavy atom. The van der Waals surface area contributed by atoms with E-state index in [4.69, 9.17) is 0 Å². The molecule has 0 saturated heterocycles. The van der Waals surface area contributed by atoms with Crippen LogP contribution in [0.4, 0.5) is 0 Å². The number of unbranched alkanes of at least 4 members (excludes halogenated alkanes) is 10. The van der Waals surface area contributed by atoms with E-state index in [2.05, 4.69) is 28.2 Å². The van der Waals surface area contributed by atoms with Crippen molar-refractivity contribution in [3.05, 3.63) is 0 Å². The summed E-state index contributed by atoms with van der Waals surface area (Å²) in [6, 6.07) is -2.55. The summed E-state index contributed by atoms with van der Waals surface area (Å²) >= 11 is 0. The molecule has 0 radical (unpaired) electrons. The minimum Gasteiger partial charge on any atom is -0.550 e. The van der Waals surface area contributed by atoms with E-state index in [9.17, 15) is 39.0 Å². The predicted octanol–water partition coefficient (Wildman–Crippen LogP) is -4.95. The second-order valence-corrected chi connectivity index (χ2v) is 12.2. The molecule has 1 fully saturated rings. The SMILES string of the molecule is CCCCCCCCCCCCCC(=O)C1CCCC1C(=O)NC(CCC(=O)[O-])C(=O)NC(CCC(=O)[O-])C(=O)NCCNC.[Na+].[Na+]. The number of aliphatic carboxylic acids is 2. The van der Waals surface area contributed by atoms with Crippen LogP contribution in [0.3, 0.4) is 0 Å². The van der Waals surface area contributed by atoms with Crippen LogP contribution >= 0.6 is 0 Å². The van der Waals surface area contributed by atoms with Crippen molar-refractivity contribution < 1.29 is 98.1 Å². The number of hydrogen-bond acceptors (Lipinski definition) is 9. The fourth-order valence-corrected chi connectivity index (χ4v) is 5.86. The quantitative estimate of drug-likeness (QED) is 0.0485. The van der Waals surface area contributed by atoms with Gasteiger partial charge >= 0.3 is 59.1 Å². The van der Waals surface area contributed by atoms with Crippen molar-refractivity contribution in [2.45, 2.75) is 141 Å². The average Bonchev–Trinajstić information content (AvgIpc) is 3.50. The van der Waals surface area contributed by atoms with Crippen molar-refractivity contribution in [2.24, 2.45) is 11.8 Å². The van der Waals surface area contributed by atoms with E-state index >= 15 is 0 Å². The number of carboxylic acids is 2. The second-order valence-electron chi connectivity index (χ2n) is 12.2. The number of carbonyl (C=O) groups is 6. The van der Waals surface area contributed by atoms with E-state index in [1.807, 2.05) is 0 Å². The van der Waals surface area contributed by atoms with Crippen LogP contribution in [-0.2, 0) is 28.8 Å². The first-order valence-electron chi connectivity index (χ1n) is 17.1. The van der Waals surface area contributed by atoms with E-state index in [1.165, 1.54) is 44.9 Å². The third kappa shape index (κ3) is 22.3. The molecule has 1 saturated carbocycles. The molecule has 0 spiro atoms. The molecule has 12 nitrogen and oxygen atoms in total. The van der Waals surface area contributed by atoms with Crippen LogP contribution in [0.2, 0.25) is 0 Å². The van der Waals surface area contributed by atoms with Gasteiger partial charge in [-0.25, -0.2) is 0 Å². The van der Waals surface area contributed by atoms with Gasteiger partial charge in [0, 0.05) is 43.3 Å². The number of ketones is 1. The number of nitrogens with one attached hydrogen (secondary N) is 4. The molecule has 0 aromatic carbocycles. The van der Waals surface area contributed by atoms with Gasteiger partial charge in [-0.2, -0.15) is 0 Å². The fourth-order valence-electron chi connectivity index (χ4n) is 5.86. The van der Waals surface area contributed by atoms with Crippen LogP contribution < -0.4 is 90.6 Å². The monoisotopic (exact) mass is 682 g/mol. The van der Waals surface area contributed by atoms with Gasteiger partial charge in [-0.1, -0.05) is 77.6 Å². The van der Waals surface area contributed by atoms with Gasteiger partial charge in [0.05, 0.1) is 0 Å². The largest absolute Gasteiger partial charge is 1.00 e. The number of carboxylic acid groups (broad SMARTS) is 2. The summed E-state index contributed by atoms with van der Waals surface area (Å²) < 4.78 is 0. The summed E-state index contributed by atoms with van der Waals surface area (Å²) in [6.45, 7) is 2.89. The molecule has 1 aliphatic rings. The van der Waals surface area contributed by atoms with Crippen molar-refractivity contribution in [2.75, 3.05) is 20.1 Å². The standard InChI is InChI=1S/C33H58N4O8.2Na/c1-3-4-5-6-7-8-9-10-11-12-13-17-28(38)24-15-14-16-25(24)31(43)36-27(19-21-30(41)42)33(45)37-26(18-20-29(39)40)32(44)35-23-22-34-2;;/h24-27,34H,3-23H2,1-2H3,(H,35,44)(H,36,43)(H,37,45)(H,39,40)(H,41,42);;/q;2*+1/p-2. The van der Waals surface area contributed by atoms with E-state index in [-0.39, 0.29) is 84.3 Å². The topological polar surface area (TPSA) is 197 Å². The Hall–Kier alpha value is -1.02. The Bertz CT molecular complexity index is 940. The summed E-state index contributed by atoms with van der Waals surface area (Å²) in [5.41, 5.74) is 0. The maximum absolute atomic E-state index is 13.3. The van der Waals surface area contributed by atoms with Crippen molar-refractivity contribution >= 4 is 35.4 Å². The maximum atomic E-state index is 13.3. The summed E-state index contributed by atoms with van der Waals surface area (Å²) in [5, 5.41) is 32.7. The van der Waals surface area contributed by atoms with E-state index in [1.54, 1.807) is 7.05 Å². The molecule has 0 aromatic rings. The third-order valence-electron chi connectivity index (χ3n) is 8.51. The Morgan fingerprint density at radius 1 is 0.638 bits per heavy atom. The van der Waals surface area contributed by atoms with Crippen LogP contribution in [0.5, 0.6) is 0 Å². The Morgan fingerprint density at radius 2 is 1.13 bits per heavy atom. The summed E-state index contributed by atoms with van der Waals surface area (Å²) in [5.74, 6) is -5.79. The molecule has 4 unspecified atom stereocenters. The Kier molecular flexibility index (Phi) is 30.6. The van der Waals surface area contributed by atoms with Crippen LogP contribution in [-0.4, -0.2) is 67.7 Å². The molecule has 4 N–H and O–H groups in total. The molecule has 0 aliphatic heterocycles. The van der Waals surface area contributed by atoms with Crippen molar-refractivity contribution in [1.29, 1.82) is 0 Å². The first-order valence-corrected chi connectivity index (χ1v) is 17.1. The zero-order valence-corrected chi connectivity index (χ0v) is 33.4. The number of hydrogen-bond donors (Lipinski definition) is 4. The average molecular weight is 683 g/mol. The summed E-state index contributed by atoms with van der Waals surface area (Å²) in [7, 11) is 1.69. The zero-order chi connectivity index (χ0) is 33.5. The number of rotatable bonds is 27. The fraction of sp³-hybridized carbons (Fsp3) is 0.818. The van der Waals surface area contributed by atoms with E-state index < -0.39 is 66.4 Å². The molecule has 4 atom stereocenters. The van der Waals surface area contributed by atoms with Crippen molar-refractivity contribution in [3.8, 4) is 0 Å². The van der Waals surface area contributed by atoms with Crippen molar-refractivity contribution in [1.82, 2.24) is 21.3 Å². The van der Waals surface area contributed by atoms with Gasteiger partial charge in [-0.15, -0.1) is 0 Å². The molecule has 1 aliphatic carbocycles. The molecule has 14 heteroatoms. The van der Waals surface area contributed by atoms with Gasteiger partial charge in [0.1, 0.15) is 17.9 Å². The van der Waals surface area contributed by atoms with Crippen molar-refractivity contribution in [3.63, 3.8) is 0 Å². The summed E-state index contributed by atoms with van der Waals surface area (Å²) in [4.78, 5) is 74.4. The molecular formula is C33H56N4Na2O8. The Labute approximate surface area is 325 Å². The Balaban J connectivity index is 0. The third-order valence-corrected chi connectivity index (χ3v) is 8.51. The van der Waals surface area contributed by atoms with Crippen LogP contribution in [0.25, 0.3) is 0 Å². The number of likely N-dealkylation sites (N-methyl/N-ethyl adjacent to an activating group) is 1. The van der Waals surface area contributed by atoms with Gasteiger partial charge in [-0.3, -0.25) is 19.2 Å². The molecule has 0 heterocycles. The molecule has 47 heavy (non-hydrogen) atoms. The minimum atomic E-state index is -1.42. The van der Waals surface area contributed by atoms with Crippen LogP contribution in [0, 0.1) is 11.8 Å². The molecular weight excluding hydrogens is 626 g/mol. The summed E-state index contributed by atoms with van der Waals surface area (Å²) in [6.07, 6.45) is 13.6. The van der Waals surface area contributed by atoms with Gasteiger partial charge in [0.15, 0.2) is 0 Å². The molecule has 3 amide bonds. The zero-order valence-electron chi connectivity index (χ0n) is 29.4. The van der Waals surface area contributed by atoms with Gasteiger partial charge in [-0.05, 0) is 52.0 Å². The molecule has 258 valence electrons. The van der Waals surface area contributed by atoms with Gasteiger partial charge in [0.25, 0.3) is 0 Å². The van der Waals surface area contributed by atoms with E-state index in [0.717, 1.165) is 25.7 Å².